The summed E-state index contributed by atoms with van der Waals surface area (Å²) >= 11 is 0. The number of amides is 2. The van der Waals surface area contributed by atoms with E-state index in [1.54, 1.807) is 16.7 Å². The van der Waals surface area contributed by atoms with Crippen molar-refractivity contribution in [1.82, 2.24) is 14.1 Å². The fraction of sp³-hybridized carbons (Fsp3) is 0.579. The number of ether oxygens (including phenoxy) is 1. The predicted octanol–water partition coefficient (Wildman–Crippen LogP) is 1.53. The lowest BCUT2D eigenvalue weighted by molar-refractivity contribution is -0.138. The van der Waals surface area contributed by atoms with Crippen molar-refractivity contribution in [2.75, 3.05) is 45.9 Å². The van der Waals surface area contributed by atoms with E-state index in [4.69, 9.17) is 4.74 Å². The van der Waals surface area contributed by atoms with Crippen LogP contribution in [0.2, 0.25) is 0 Å². The topological polar surface area (TPSA) is 87.2 Å². The van der Waals surface area contributed by atoms with Gasteiger partial charge in [-0.2, -0.15) is 4.31 Å². The lowest BCUT2D eigenvalue weighted by atomic mass is 9.98. The molecule has 0 unspecified atom stereocenters. The van der Waals surface area contributed by atoms with Crippen molar-refractivity contribution in [3.8, 4) is 0 Å². The smallest absolute Gasteiger partial charge is 0.409 e. The molecule has 1 aromatic carbocycles. The average molecular weight is 427 g/mol. The van der Waals surface area contributed by atoms with Gasteiger partial charge in [0.1, 0.15) is 5.82 Å². The summed E-state index contributed by atoms with van der Waals surface area (Å²) < 4.78 is 45.1. The van der Waals surface area contributed by atoms with Crippen molar-refractivity contribution >= 4 is 22.0 Å². The van der Waals surface area contributed by atoms with Gasteiger partial charge in [0.15, 0.2) is 0 Å². The van der Waals surface area contributed by atoms with Crippen molar-refractivity contribution in [3.63, 3.8) is 0 Å². The summed E-state index contributed by atoms with van der Waals surface area (Å²) in [5, 5.41) is 0. The average Bonchev–Trinajstić information content (AvgIpc) is 2.74. The summed E-state index contributed by atoms with van der Waals surface area (Å²) in [6.07, 6.45) is 0.820. The summed E-state index contributed by atoms with van der Waals surface area (Å²) in [6, 6.07) is 4.71. The Balaban J connectivity index is 1.61. The highest BCUT2D eigenvalue weighted by molar-refractivity contribution is 7.89. The van der Waals surface area contributed by atoms with Crippen LogP contribution in [0.25, 0.3) is 0 Å². The molecule has 2 amide bonds. The van der Waals surface area contributed by atoms with Crippen molar-refractivity contribution in [2.45, 2.75) is 24.7 Å². The van der Waals surface area contributed by atoms with E-state index in [9.17, 15) is 22.4 Å². The molecule has 1 atom stereocenters. The zero-order chi connectivity index (χ0) is 21.0. The van der Waals surface area contributed by atoms with Crippen LogP contribution in [0.15, 0.2) is 29.2 Å². The Morgan fingerprint density at radius 1 is 1.07 bits per heavy atom. The number of piperazine rings is 1. The standard InChI is InChI=1S/C19H26FN3O5S/c1-2-28-19(25)22-12-10-21(11-13-22)18(24)15-4-3-9-23(14-15)29(26,27)17-7-5-16(20)6-8-17/h5-8,15H,2-4,9-14H2,1H3/t15-/m1/s1. The number of piperidine rings is 1. The second-order valence-corrected chi connectivity index (χ2v) is 9.11. The first kappa shape index (κ1) is 21.5. The summed E-state index contributed by atoms with van der Waals surface area (Å²) in [5.41, 5.74) is 0. The lowest BCUT2D eigenvalue weighted by Gasteiger charge is -2.38. The van der Waals surface area contributed by atoms with Gasteiger partial charge < -0.3 is 14.5 Å². The molecule has 0 saturated carbocycles. The molecule has 2 fully saturated rings. The number of halogens is 1. The van der Waals surface area contributed by atoms with Gasteiger partial charge in [0.2, 0.25) is 15.9 Å². The van der Waals surface area contributed by atoms with E-state index in [0.29, 0.717) is 52.2 Å². The molecule has 0 bridgehead atoms. The largest absolute Gasteiger partial charge is 0.450 e. The maximum atomic E-state index is 13.1. The van der Waals surface area contributed by atoms with Gasteiger partial charge >= 0.3 is 6.09 Å². The Kier molecular flexibility index (Phi) is 6.74. The minimum atomic E-state index is -3.78. The summed E-state index contributed by atoms with van der Waals surface area (Å²) in [4.78, 5) is 28.0. The zero-order valence-corrected chi connectivity index (χ0v) is 17.2. The van der Waals surface area contributed by atoms with E-state index in [2.05, 4.69) is 0 Å². The Hall–Kier alpha value is -2.20. The van der Waals surface area contributed by atoms with E-state index in [-0.39, 0.29) is 23.4 Å². The van der Waals surface area contributed by atoms with Crippen LogP contribution in [0, 0.1) is 11.7 Å². The van der Waals surface area contributed by atoms with Crippen LogP contribution in [0.4, 0.5) is 9.18 Å². The molecule has 0 aliphatic carbocycles. The molecular formula is C19H26FN3O5S. The van der Waals surface area contributed by atoms with Crippen molar-refractivity contribution in [1.29, 1.82) is 0 Å². The lowest BCUT2D eigenvalue weighted by Crippen LogP contribution is -2.54. The zero-order valence-electron chi connectivity index (χ0n) is 16.4. The maximum Gasteiger partial charge on any atom is 0.409 e. The molecule has 3 rings (SSSR count). The van der Waals surface area contributed by atoms with Crippen molar-refractivity contribution in [3.05, 3.63) is 30.1 Å². The van der Waals surface area contributed by atoms with Gasteiger partial charge in [0.25, 0.3) is 0 Å². The van der Waals surface area contributed by atoms with Crippen LogP contribution in [0.5, 0.6) is 0 Å². The normalized spacial score (nSPS) is 21.1. The van der Waals surface area contributed by atoms with Crippen LogP contribution in [0.3, 0.4) is 0 Å². The third-order valence-electron chi connectivity index (χ3n) is 5.30. The predicted molar refractivity (Wildman–Crippen MR) is 103 cm³/mol. The first-order chi connectivity index (χ1) is 13.8. The molecule has 2 aliphatic heterocycles. The number of rotatable bonds is 4. The quantitative estimate of drug-likeness (QED) is 0.727. The van der Waals surface area contributed by atoms with Crippen LogP contribution >= 0.6 is 0 Å². The second-order valence-electron chi connectivity index (χ2n) is 7.17. The first-order valence-corrected chi connectivity index (χ1v) is 11.2. The fourth-order valence-electron chi connectivity index (χ4n) is 3.70. The van der Waals surface area contributed by atoms with Gasteiger partial charge in [-0.15, -0.1) is 0 Å². The van der Waals surface area contributed by atoms with Gasteiger partial charge in [-0.05, 0) is 44.0 Å². The van der Waals surface area contributed by atoms with Crippen molar-refractivity contribution < 1.29 is 27.1 Å². The SMILES string of the molecule is CCOC(=O)N1CCN(C(=O)[C@@H]2CCCN(S(=O)(=O)c3ccc(F)cc3)C2)CC1. The molecule has 0 aromatic heterocycles. The highest BCUT2D eigenvalue weighted by atomic mass is 32.2. The molecular weight excluding hydrogens is 401 g/mol. The van der Waals surface area contributed by atoms with Crippen LogP contribution in [0.1, 0.15) is 19.8 Å². The number of hydrogen-bond donors (Lipinski definition) is 0. The van der Waals surface area contributed by atoms with Crippen LogP contribution in [-0.4, -0.2) is 80.4 Å². The van der Waals surface area contributed by atoms with Gasteiger partial charge in [-0.1, -0.05) is 0 Å². The number of hydrogen-bond acceptors (Lipinski definition) is 5. The number of nitrogens with zero attached hydrogens (tertiary/aromatic N) is 3. The third-order valence-corrected chi connectivity index (χ3v) is 7.18. The molecule has 0 radical (unpaired) electrons. The number of carbonyl (C=O) groups is 2. The van der Waals surface area contributed by atoms with E-state index in [0.717, 1.165) is 12.1 Å². The molecule has 2 heterocycles. The minimum Gasteiger partial charge on any atom is -0.450 e. The Morgan fingerprint density at radius 2 is 1.69 bits per heavy atom. The molecule has 0 N–H and O–H groups in total. The van der Waals surface area contributed by atoms with Gasteiger partial charge in [-0.3, -0.25) is 4.79 Å². The molecule has 160 valence electrons. The molecule has 8 nitrogen and oxygen atoms in total. The summed E-state index contributed by atoms with van der Waals surface area (Å²) in [6.45, 7) is 4.09. The van der Waals surface area contributed by atoms with E-state index >= 15 is 0 Å². The summed E-state index contributed by atoms with van der Waals surface area (Å²) in [7, 11) is -3.78. The molecule has 1 aromatic rings. The van der Waals surface area contributed by atoms with E-state index < -0.39 is 21.8 Å². The minimum absolute atomic E-state index is 0.0232. The molecule has 2 saturated heterocycles. The van der Waals surface area contributed by atoms with E-state index in [1.807, 2.05) is 0 Å². The van der Waals surface area contributed by atoms with Crippen LogP contribution < -0.4 is 0 Å². The summed E-state index contributed by atoms with van der Waals surface area (Å²) in [5.74, 6) is -1.02. The monoisotopic (exact) mass is 427 g/mol. The Morgan fingerprint density at radius 3 is 2.31 bits per heavy atom. The third kappa shape index (κ3) is 4.87. The molecule has 0 spiro atoms. The maximum absolute atomic E-state index is 13.1. The highest BCUT2D eigenvalue weighted by Gasteiger charge is 2.36. The van der Waals surface area contributed by atoms with Crippen molar-refractivity contribution in [2.24, 2.45) is 5.92 Å². The fourth-order valence-corrected chi connectivity index (χ4v) is 5.22. The highest BCUT2D eigenvalue weighted by Crippen LogP contribution is 2.25. The van der Waals surface area contributed by atoms with Gasteiger partial charge in [0, 0.05) is 39.3 Å². The molecule has 29 heavy (non-hydrogen) atoms. The second kappa shape index (κ2) is 9.08. The number of sulfonamides is 1. The Labute approximate surface area is 170 Å². The first-order valence-electron chi connectivity index (χ1n) is 9.79. The number of carbonyl (C=O) groups excluding carboxylic acids is 2. The Bertz CT molecular complexity index is 838. The molecule has 2 aliphatic rings. The van der Waals surface area contributed by atoms with Crippen LogP contribution in [-0.2, 0) is 19.6 Å². The van der Waals surface area contributed by atoms with Gasteiger partial charge in [-0.25, -0.2) is 17.6 Å². The van der Waals surface area contributed by atoms with Gasteiger partial charge in [0.05, 0.1) is 17.4 Å². The molecule has 10 heteroatoms. The van der Waals surface area contributed by atoms with E-state index in [1.165, 1.54) is 16.4 Å². The number of benzene rings is 1.